The molecule has 0 fully saturated rings. The van der Waals surface area contributed by atoms with Crippen LogP contribution >= 0.6 is 0 Å². The van der Waals surface area contributed by atoms with Gasteiger partial charge in [-0.1, -0.05) is 36.4 Å². The second-order valence-corrected chi connectivity index (χ2v) is 5.55. The van der Waals surface area contributed by atoms with Gasteiger partial charge in [0.1, 0.15) is 0 Å². The van der Waals surface area contributed by atoms with E-state index in [-0.39, 0.29) is 11.6 Å². The van der Waals surface area contributed by atoms with E-state index in [1.54, 1.807) is 54.6 Å². The van der Waals surface area contributed by atoms with Crippen LogP contribution in [0.1, 0.15) is 0 Å². The summed E-state index contributed by atoms with van der Waals surface area (Å²) in [5.41, 5.74) is 6.13. The van der Waals surface area contributed by atoms with E-state index in [0.29, 0.717) is 5.69 Å². The molecule has 0 radical (unpaired) electrons. The van der Waals surface area contributed by atoms with Gasteiger partial charge in [0.15, 0.2) is 0 Å². The Labute approximate surface area is 107 Å². The molecule has 0 aliphatic carbocycles. The van der Waals surface area contributed by atoms with E-state index < -0.39 is 10.0 Å². The molecule has 0 heterocycles. The van der Waals surface area contributed by atoms with Gasteiger partial charge in [0.2, 0.25) is 0 Å². The summed E-state index contributed by atoms with van der Waals surface area (Å²) in [7, 11) is -3.60. The van der Waals surface area contributed by atoms with E-state index in [2.05, 4.69) is 0 Å². The molecule has 2 aromatic carbocycles. The molecular formula is C13H14N2O2S. The fraction of sp³-hybridized carbons (Fsp3) is 0.0769. The average molecular weight is 262 g/mol. The number of rotatable bonds is 4. The number of hydrogen-bond acceptors (Lipinski definition) is 3. The van der Waals surface area contributed by atoms with E-state index in [4.69, 9.17) is 5.73 Å². The third-order valence-electron chi connectivity index (χ3n) is 2.54. The molecule has 0 unspecified atom stereocenters. The molecule has 0 aliphatic rings. The number of nitrogens with zero attached hydrogens (tertiary/aromatic N) is 1. The predicted octanol–water partition coefficient (Wildman–Crippen LogP) is 1.80. The number of anilines is 1. The SMILES string of the molecule is NCN(c1ccccc1)S(=O)(=O)c1ccccc1. The quantitative estimate of drug-likeness (QED) is 0.854. The summed E-state index contributed by atoms with van der Waals surface area (Å²) in [6.07, 6.45) is 0. The summed E-state index contributed by atoms with van der Waals surface area (Å²) in [6, 6.07) is 17.1. The van der Waals surface area contributed by atoms with Crippen LogP contribution in [-0.4, -0.2) is 15.1 Å². The molecule has 18 heavy (non-hydrogen) atoms. The summed E-state index contributed by atoms with van der Waals surface area (Å²) in [6.45, 7) is -0.0960. The zero-order valence-corrected chi connectivity index (χ0v) is 10.5. The monoisotopic (exact) mass is 262 g/mol. The zero-order chi connectivity index (χ0) is 13.0. The van der Waals surface area contributed by atoms with Gasteiger partial charge < -0.3 is 5.73 Å². The Morgan fingerprint density at radius 1 is 0.889 bits per heavy atom. The maximum absolute atomic E-state index is 12.4. The first-order valence-electron chi connectivity index (χ1n) is 5.49. The molecule has 0 aliphatic heterocycles. The molecule has 94 valence electrons. The highest BCUT2D eigenvalue weighted by atomic mass is 32.2. The molecule has 0 atom stereocenters. The summed E-state index contributed by atoms with van der Waals surface area (Å²) in [5.74, 6) is 0. The van der Waals surface area contributed by atoms with Crippen LogP contribution in [0.25, 0.3) is 0 Å². The van der Waals surface area contributed by atoms with Crippen molar-refractivity contribution in [3.05, 3.63) is 60.7 Å². The van der Waals surface area contributed by atoms with Gasteiger partial charge in [-0.25, -0.2) is 8.42 Å². The Morgan fingerprint density at radius 3 is 1.89 bits per heavy atom. The van der Waals surface area contributed by atoms with Gasteiger partial charge >= 0.3 is 0 Å². The number of para-hydroxylation sites is 1. The second kappa shape index (κ2) is 5.20. The van der Waals surface area contributed by atoms with Crippen molar-refractivity contribution < 1.29 is 8.42 Å². The largest absolute Gasteiger partial charge is 0.313 e. The highest BCUT2D eigenvalue weighted by Gasteiger charge is 2.22. The van der Waals surface area contributed by atoms with Gasteiger partial charge in [-0.05, 0) is 24.3 Å². The van der Waals surface area contributed by atoms with Crippen LogP contribution in [0.3, 0.4) is 0 Å². The van der Waals surface area contributed by atoms with Crippen LogP contribution in [0.2, 0.25) is 0 Å². The van der Waals surface area contributed by atoms with Crippen LogP contribution in [0, 0.1) is 0 Å². The highest BCUT2D eigenvalue weighted by Crippen LogP contribution is 2.21. The standard InChI is InChI=1S/C13H14N2O2S/c14-11-15(12-7-3-1-4-8-12)18(16,17)13-9-5-2-6-10-13/h1-10H,11,14H2. The lowest BCUT2D eigenvalue weighted by Gasteiger charge is -2.22. The van der Waals surface area contributed by atoms with Gasteiger partial charge in [0, 0.05) is 0 Å². The van der Waals surface area contributed by atoms with E-state index >= 15 is 0 Å². The molecule has 5 heteroatoms. The molecule has 2 rings (SSSR count). The van der Waals surface area contributed by atoms with Gasteiger partial charge in [0.25, 0.3) is 10.0 Å². The topological polar surface area (TPSA) is 63.4 Å². The van der Waals surface area contributed by atoms with Gasteiger partial charge in [0.05, 0.1) is 17.3 Å². The normalized spacial score (nSPS) is 11.2. The van der Waals surface area contributed by atoms with Crippen LogP contribution in [-0.2, 0) is 10.0 Å². The van der Waals surface area contributed by atoms with E-state index in [1.807, 2.05) is 6.07 Å². The van der Waals surface area contributed by atoms with Crippen molar-refractivity contribution in [1.29, 1.82) is 0 Å². The Hall–Kier alpha value is -1.85. The summed E-state index contributed by atoms with van der Waals surface area (Å²) in [5, 5.41) is 0. The smallest absolute Gasteiger partial charge is 0.265 e. The van der Waals surface area contributed by atoms with Crippen LogP contribution < -0.4 is 10.0 Å². The van der Waals surface area contributed by atoms with Gasteiger partial charge in [-0.2, -0.15) is 0 Å². The van der Waals surface area contributed by atoms with Crippen LogP contribution in [0.5, 0.6) is 0 Å². The first-order valence-corrected chi connectivity index (χ1v) is 6.93. The fourth-order valence-corrected chi connectivity index (χ4v) is 3.01. The zero-order valence-electron chi connectivity index (χ0n) is 9.73. The third kappa shape index (κ3) is 2.37. The fourth-order valence-electron chi connectivity index (χ4n) is 1.66. The Kier molecular flexibility index (Phi) is 3.64. The first kappa shape index (κ1) is 12.6. The summed E-state index contributed by atoms with van der Waals surface area (Å²) in [4.78, 5) is 0.235. The van der Waals surface area contributed by atoms with E-state index in [9.17, 15) is 8.42 Å². The van der Waals surface area contributed by atoms with Gasteiger partial charge in [-0.15, -0.1) is 0 Å². The lowest BCUT2D eigenvalue weighted by atomic mass is 10.3. The van der Waals surface area contributed by atoms with Crippen molar-refractivity contribution in [1.82, 2.24) is 0 Å². The minimum absolute atomic E-state index is 0.0960. The minimum Gasteiger partial charge on any atom is -0.313 e. The molecule has 2 aromatic rings. The van der Waals surface area contributed by atoms with Crippen molar-refractivity contribution in [2.24, 2.45) is 5.73 Å². The second-order valence-electron chi connectivity index (χ2n) is 3.68. The number of hydrogen-bond donors (Lipinski definition) is 1. The minimum atomic E-state index is -3.60. The molecule has 4 nitrogen and oxygen atoms in total. The molecule has 0 bridgehead atoms. The Balaban J connectivity index is 2.46. The van der Waals surface area contributed by atoms with E-state index in [1.165, 1.54) is 4.31 Å². The third-order valence-corrected chi connectivity index (χ3v) is 4.35. The molecule has 0 aromatic heterocycles. The number of benzene rings is 2. The number of nitrogens with two attached hydrogens (primary N) is 1. The van der Waals surface area contributed by atoms with Gasteiger partial charge in [-0.3, -0.25) is 4.31 Å². The average Bonchev–Trinajstić information content (AvgIpc) is 2.41. The number of sulfonamides is 1. The summed E-state index contributed by atoms with van der Waals surface area (Å²) >= 11 is 0. The Bertz CT molecular complexity index is 597. The molecule has 0 saturated carbocycles. The van der Waals surface area contributed by atoms with Crippen molar-refractivity contribution >= 4 is 15.7 Å². The lowest BCUT2D eigenvalue weighted by molar-refractivity contribution is 0.591. The van der Waals surface area contributed by atoms with Crippen LogP contribution in [0.15, 0.2) is 65.6 Å². The predicted molar refractivity (Wildman–Crippen MR) is 71.6 cm³/mol. The van der Waals surface area contributed by atoms with Crippen molar-refractivity contribution in [2.45, 2.75) is 4.90 Å². The highest BCUT2D eigenvalue weighted by molar-refractivity contribution is 7.92. The van der Waals surface area contributed by atoms with Crippen LogP contribution in [0.4, 0.5) is 5.69 Å². The van der Waals surface area contributed by atoms with E-state index in [0.717, 1.165) is 0 Å². The Morgan fingerprint density at radius 2 is 1.39 bits per heavy atom. The molecule has 2 N–H and O–H groups in total. The van der Waals surface area contributed by atoms with Crippen molar-refractivity contribution in [3.63, 3.8) is 0 Å². The molecular weight excluding hydrogens is 248 g/mol. The lowest BCUT2D eigenvalue weighted by Crippen LogP contribution is -2.35. The maximum atomic E-state index is 12.4. The maximum Gasteiger partial charge on any atom is 0.265 e. The summed E-state index contributed by atoms with van der Waals surface area (Å²) < 4.78 is 26.0. The molecule has 0 saturated heterocycles. The van der Waals surface area contributed by atoms with Crippen molar-refractivity contribution in [2.75, 3.05) is 11.0 Å². The molecule has 0 amide bonds. The molecule has 0 spiro atoms. The first-order chi connectivity index (χ1) is 8.66. The van der Waals surface area contributed by atoms with Crippen molar-refractivity contribution in [3.8, 4) is 0 Å².